The van der Waals surface area contributed by atoms with E-state index in [-0.39, 0.29) is 64.5 Å². The molecule has 0 amide bonds. The van der Waals surface area contributed by atoms with E-state index in [0.717, 1.165) is 18.4 Å². The highest BCUT2D eigenvalue weighted by atomic mass is 16.6. The molecule has 4 aliphatic carbocycles. The molecule has 198 valence electrons. The first-order valence-electron chi connectivity index (χ1n) is 13.3. The maximum Gasteiger partial charge on any atom is 0.347 e. The van der Waals surface area contributed by atoms with Crippen molar-refractivity contribution in [1.29, 1.82) is 0 Å². The van der Waals surface area contributed by atoms with Crippen LogP contribution in [0, 0.1) is 46.3 Å². The highest BCUT2D eigenvalue weighted by Gasteiger charge is 2.63. The maximum atomic E-state index is 13.3. The van der Waals surface area contributed by atoms with Gasteiger partial charge in [0.25, 0.3) is 0 Å². The number of allylic oxidation sites excluding steroid dienone is 4. The van der Waals surface area contributed by atoms with Crippen LogP contribution in [0.3, 0.4) is 0 Å². The Bertz CT molecular complexity index is 1010. The van der Waals surface area contributed by atoms with Gasteiger partial charge < -0.3 is 14.6 Å². The number of hydrogen-bond acceptors (Lipinski definition) is 7. The number of rotatable bonds is 6. The lowest BCUT2D eigenvalue weighted by Gasteiger charge is -2.60. The van der Waals surface area contributed by atoms with Crippen LogP contribution < -0.4 is 0 Å². The number of carbonyl (C=O) groups is 4. The number of aliphatic hydroxyl groups is 1. The van der Waals surface area contributed by atoms with Gasteiger partial charge in [-0.05, 0) is 67.9 Å². The van der Waals surface area contributed by atoms with Crippen molar-refractivity contribution in [3.63, 3.8) is 0 Å². The number of fused-ring (bicyclic) bond motifs is 5. The van der Waals surface area contributed by atoms with E-state index >= 15 is 0 Å². The first-order valence-corrected chi connectivity index (χ1v) is 13.3. The minimum absolute atomic E-state index is 0.00514. The van der Waals surface area contributed by atoms with Gasteiger partial charge in [0, 0.05) is 17.3 Å². The quantitative estimate of drug-likeness (QED) is 0.553. The summed E-state index contributed by atoms with van der Waals surface area (Å²) in [5.41, 5.74) is 0.368. The fourth-order valence-electron chi connectivity index (χ4n) is 8.00. The third kappa shape index (κ3) is 4.37. The second-order valence-corrected chi connectivity index (χ2v) is 12.3. The third-order valence-electron chi connectivity index (χ3n) is 9.66. The Morgan fingerprint density at radius 3 is 2.50 bits per heavy atom. The molecule has 0 spiro atoms. The number of Topliss-reactive ketones (excluding diaryl/α,β-unsaturated/α-hetero) is 1. The topological polar surface area (TPSA) is 107 Å². The summed E-state index contributed by atoms with van der Waals surface area (Å²) >= 11 is 0. The number of ketones is 2. The molecule has 0 radical (unpaired) electrons. The molecular weight excluding hydrogens is 460 g/mol. The van der Waals surface area contributed by atoms with Crippen molar-refractivity contribution in [3.8, 4) is 0 Å². The zero-order valence-corrected chi connectivity index (χ0v) is 22.3. The number of carbonyl (C=O) groups excluding carboxylic acids is 4. The zero-order valence-electron chi connectivity index (χ0n) is 22.3. The van der Waals surface area contributed by atoms with Gasteiger partial charge >= 0.3 is 11.9 Å². The van der Waals surface area contributed by atoms with E-state index in [1.165, 1.54) is 6.92 Å². The van der Waals surface area contributed by atoms with Gasteiger partial charge in [-0.15, -0.1) is 0 Å². The Balaban J connectivity index is 1.47. The molecule has 0 saturated heterocycles. The van der Waals surface area contributed by atoms with Gasteiger partial charge in [0.15, 0.2) is 17.7 Å². The van der Waals surface area contributed by atoms with E-state index in [9.17, 15) is 24.3 Å². The SMILES string of the molecule is CC(C)C(=O)OC(C)C(=O)OCC(=O)[C@H]1CC[C@H]2[C@@H]3C[C@H](C)C4=CC(=O)C=C[C@]4(C)[C@H]3[C@@H](O)C[C@]12C. The van der Waals surface area contributed by atoms with Crippen LogP contribution in [-0.4, -0.2) is 47.4 Å². The van der Waals surface area contributed by atoms with Crippen molar-refractivity contribution in [2.45, 2.75) is 79.4 Å². The predicted molar refractivity (Wildman–Crippen MR) is 132 cm³/mol. The molecular formula is C29H40O7. The Morgan fingerprint density at radius 1 is 1.14 bits per heavy atom. The van der Waals surface area contributed by atoms with Gasteiger partial charge in [0.1, 0.15) is 6.61 Å². The smallest absolute Gasteiger partial charge is 0.347 e. The van der Waals surface area contributed by atoms with Crippen LogP contribution >= 0.6 is 0 Å². The van der Waals surface area contributed by atoms with Gasteiger partial charge in [-0.3, -0.25) is 14.4 Å². The number of esters is 2. The fraction of sp³-hybridized carbons (Fsp3) is 0.724. The number of aliphatic hydroxyl groups excluding tert-OH is 1. The van der Waals surface area contributed by atoms with Crippen LogP contribution in [0.1, 0.15) is 67.2 Å². The second-order valence-electron chi connectivity index (χ2n) is 12.3. The second kappa shape index (κ2) is 9.55. The molecule has 3 saturated carbocycles. The van der Waals surface area contributed by atoms with E-state index in [4.69, 9.17) is 9.47 Å². The first kappa shape index (κ1) is 26.8. The minimum Gasteiger partial charge on any atom is -0.455 e. The molecule has 1 unspecified atom stereocenters. The van der Waals surface area contributed by atoms with Gasteiger partial charge in [0.2, 0.25) is 0 Å². The Morgan fingerprint density at radius 2 is 1.83 bits per heavy atom. The molecule has 7 heteroatoms. The average Bonchev–Trinajstić information content (AvgIpc) is 3.14. The van der Waals surface area contributed by atoms with Crippen molar-refractivity contribution in [3.05, 3.63) is 23.8 Å². The first-order chi connectivity index (χ1) is 16.8. The summed E-state index contributed by atoms with van der Waals surface area (Å²) in [6.07, 6.45) is 6.71. The standard InChI is InChI=1S/C29H40O7/c1-15(2)26(33)36-17(4)27(34)35-14-24(32)21-8-7-20-19-11-16(3)22-12-18(30)9-10-28(22,5)25(19)23(31)13-29(20,21)6/h9-10,12,15-17,19-21,23,25,31H,7-8,11,13-14H2,1-6H3/t16-,17?,19-,20-,21+,23-,25+,28-,29-/m0/s1. The molecule has 9 atom stereocenters. The normalized spacial score (nSPS) is 40.0. The summed E-state index contributed by atoms with van der Waals surface area (Å²) < 4.78 is 10.3. The zero-order chi connectivity index (χ0) is 26.6. The Hall–Kier alpha value is -2.28. The molecule has 3 fully saturated rings. The van der Waals surface area contributed by atoms with E-state index in [1.807, 2.05) is 6.08 Å². The van der Waals surface area contributed by atoms with Crippen molar-refractivity contribution in [1.82, 2.24) is 0 Å². The summed E-state index contributed by atoms with van der Waals surface area (Å²) in [7, 11) is 0. The molecule has 0 heterocycles. The number of ether oxygens (including phenoxy) is 2. The summed E-state index contributed by atoms with van der Waals surface area (Å²) in [6.45, 7) is 10.9. The maximum absolute atomic E-state index is 13.3. The fourth-order valence-corrected chi connectivity index (χ4v) is 8.00. The summed E-state index contributed by atoms with van der Waals surface area (Å²) in [4.78, 5) is 49.5. The number of hydrogen-bond donors (Lipinski definition) is 1. The molecule has 4 rings (SSSR count). The van der Waals surface area contributed by atoms with Crippen molar-refractivity contribution >= 4 is 23.5 Å². The molecule has 0 aromatic carbocycles. The van der Waals surface area contributed by atoms with Gasteiger partial charge in [-0.25, -0.2) is 4.79 Å². The molecule has 4 aliphatic rings. The largest absolute Gasteiger partial charge is 0.455 e. The lowest BCUT2D eigenvalue weighted by Crippen LogP contribution is -2.57. The highest BCUT2D eigenvalue weighted by molar-refractivity contribution is 6.01. The molecule has 0 aromatic heterocycles. The molecule has 7 nitrogen and oxygen atoms in total. The molecule has 36 heavy (non-hydrogen) atoms. The molecule has 0 bridgehead atoms. The molecule has 0 aromatic rings. The lowest BCUT2D eigenvalue weighted by molar-refractivity contribution is -0.170. The highest BCUT2D eigenvalue weighted by Crippen LogP contribution is 2.66. The van der Waals surface area contributed by atoms with Gasteiger partial charge in [-0.1, -0.05) is 46.3 Å². The molecule has 0 aliphatic heterocycles. The summed E-state index contributed by atoms with van der Waals surface area (Å²) in [6, 6.07) is 0. The Kier molecular flexibility index (Phi) is 7.10. The third-order valence-corrected chi connectivity index (χ3v) is 9.66. The van der Waals surface area contributed by atoms with Crippen LogP contribution in [0.15, 0.2) is 23.8 Å². The summed E-state index contributed by atoms with van der Waals surface area (Å²) in [5, 5.41) is 11.5. The summed E-state index contributed by atoms with van der Waals surface area (Å²) in [5.74, 6) is -1.27. The van der Waals surface area contributed by atoms with Crippen molar-refractivity contribution in [2.24, 2.45) is 46.3 Å². The van der Waals surface area contributed by atoms with E-state index in [1.54, 1.807) is 26.0 Å². The van der Waals surface area contributed by atoms with Crippen molar-refractivity contribution in [2.75, 3.05) is 6.61 Å². The predicted octanol–water partition coefficient (Wildman–Crippen LogP) is 3.83. The monoisotopic (exact) mass is 500 g/mol. The van der Waals surface area contributed by atoms with Crippen molar-refractivity contribution < 1.29 is 33.8 Å². The van der Waals surface area contributed by atoms with E-state index < -0.39 is 24.1 Å². The Labute approximate surface area is 213 Å². The van der Waals surface area contributed by atoms with E-state index in [2.05, 4.69) is 20.8 Å². The van der Waals surface area contributed by atoms with Crippen LogP contribution in [-0.2, 0) is 28.7 Å². The van der Waals surface area contributed by atoms with Gasteiger partial charge in [0.05, 0.1) is 12.0 Å². The van der Waals surface area contributed by atoms with Crippen LogP contribution in [0.25, 0.3) is 0 Å². The van der Waals surface area contributed by atoms with E-state index in [0.29, 0.717) is 12.8 Å². The van der Waals surface area contributed by atoms with Gasteiger partial charge in [-0.2, -0.15) is 0 Å². The van der Waals surface area contributed by atoms with Crippen LogP contribution in [0.4, 0.5) is 0 Å². The molecule has 1 N–H and O–H groups in total. The van der Waals surface area contributed by atoms with Crippen LogP contribution in [0.5, 0.6) is 0 Å². The average molecular weight is 501 g/mol. The lowest BCUT2D eigenvalue weighted by atomic mass is 9.45. The van der Waals surface area contributed by atoms with Crippen LogP contribution in [0.2, 0.25) is 0 Å². The minimum atomic E-state index is -1.07.